The van der Waals surface area contributed by atoms with E-state index in [4.69, 9.17) is 0 Å². The molecule has 7 heteroatoms. The molecule has 148 valence electrons. The molecule has 1 heterocycles. The van der Waals surface area contributed by atoms with Gasteiger partial charge in [-0.15, -0.1) is 0 Å². The molecule has 1 fully saturated rings. The molecule has 1 saturated carbocycles. The minimum absolute atomic E-state index is 0.0681. The number of aromatic nitrogens is 1. The molecular formula is C20H31N5O2. The first-order valence-corrected chi connectivity index (χ1v) is 9.63. The van der Waals surface area contributed by atoms with Gasteiger partial charge in [0.2, 0.25) is 11.8 Å². The second-order valence-electron chi connectivity index (χ2n) is 7.80. The first kappa shape index (κ1) is 21.0. The summed E-state index contributed by atoms with van der Waals surface area (Å²) < 4.78 is 2.13. The molecule has 1 aromatic heterocycles. The average molecular weight is 374 g/mol. The molecule has 27 heavy (non-hydrogen) atoms. The van der Waals surface area contributed by atoms with Gasteiger partial charge >= 0.3 is 0 Å². The van der Waals surface area contributed by atoms with Crippen LogP contribution < -0.4 is 10.6 Å². The Kier molecular flexibility index (Phi) is 7.03. The number of carbonyl (C=O) groups is 2. The van der Waals surface area contributed by atoms with Gasteiger partial charge in [-0.25, -0.2) is 0 Å². The SMILES string of the molecule is Cc1c(C#N)c(NC(=O)CN(C)CC(=O)NC(C)C)n(C2CCCC2)c1C. The van der Waals surface area contributed by atoms with Crippen LogP contribution >= 0.6 is 0 Å². The fourth-order valence-corrected chi connectivity index (χ4v) is 3.79. The first-order chi connectivity index (χ1) is 12.7. The van der Waals surface area contributed by atoms with E-state index >= 15 is 0 Å². The number of nitrogens with zero attached hydrogens (tertiary/aromatic N) is 3. The Morgan fingerprint density at radius 2 is 1.81 bits per heavy atom. The summed E-state index contributed by atoms with van der Waals surface area (Å²) in [5, 5.41) is 15.4. The molecule has 2 rings (SSSR count). The Labute approximate surface area is 161 Å². The third-order valence-electron chi connectivity index (χ3n) is 5.09. The molecule has 0 radical (unpaired) electrons. The predicted molar refractivity (Wildman–Crippen MR) is 106 cm³/mol. The molecule has 0 spiro atoms. The Morgan fingerprint density at radius 1 is 1.22 bits per heavy atom. The van der Waals surface area contributed by atoms with Crippen LogP contribution in [0.15, 0.2) is 0 Å². The Hall–Kier alpha value is -2.33. The van der Waals surface area contributed by atoms with Gasteiger partial charge in [0.15, 0.2) is 0 Å². The van der Waals surface area contributed by atoms with Gasteiger partial charge < -0.3 is 15.2 Å². The third kappa shape index (κ3) is 5.10. The highest BCUT2D eigenvalue weighted by molar-refractivity contribution is 5.93. The number of rotatable bonds is 7. The predicted octanol–water partition coefficient (Wildman–Crippen LogP) is 2.49. The lowest BCUT2D eigenvalue weighted by Crippen LogP contribution is -2.41. The quantitative estimate of drug-likeness (QED) is 0.768. The van der Waals surface area contributed by atoms with Crippen LogP contribution in [0.1, 0.15) is 62.4 Å². The van der Waals surface area contributed by atoms with E-state index in [1.54, 1.807) is 11.9 Å². The number of hydrogen-bond acceptors (Lipinski definition) is 4. The van der Waals surface area contributed by atoms with Crippen molar-refractivity contribution in [1.29, 1.82) is 5.26 Å². The van der Waals surface area contributed by atoms with Crippen molar-refractivity contribution < 1.29 is 9.59 Å². The molecule has 0 unspecified atom stereocenters. The highest BCUT2D eigenvalue weighted by Crippen LogP contribution is 2.37. The van der Waals surface area contributed by atoms with E-state index in [2.05, 4.69) is 21.3 Å². The van der Waals surface area contributed by atoms with Gasteiger partial charge in [-0.3, -0.25) is 14.5 Å². The van der Waals surface area contributed by atoms with Crippen molar-refractivity contribution in [3.63, 3.8) is 0 Å². The molecule has 2 amide bonds. The molecule has 1 aliphatic carbocycles. The lowest BCUT2D eigenvalue weighted by Gasteiger charge is -2.21. The van der Waals surface area contributed by atoms with Crippen LogP contribution in [-0.2, 0) is 9.59 Å². The summed E-state index contributed by atoms with van der Waals surface area (Å²) in [6.07, 6.45) is 4.48. The van der Waals surface area contributed by atoms with Crippen LogP contribution in [0.2, 0.25) is 0 Å². The van der Waals surface area contributed by atoms with Crippen molar-refractivity contribution in [3.05, 3.63) is 16.8 Å². The highest BCUT2D eigenvalue weighted by Gasteiger charge is 2.26. The molecule has 7 nitrogen and oxygen atoms in total. The van der Waals surface area contributed by atoms with Crippen LogP contribution in [0.3, 0.4) is 0 Å². The molecule has 0 aliphatic heterocycles. The number of anilines is 1. The number of hydrogen-bond donors (Lipinski definition) is 2. The van der Waals surface area contributed by atoms with Crippen LogP contribution in [0.5, 0.6) is 0 Å². The summed E-state index contributed by atoms with van der Waals surface area (Å²) in [6.45, 7) is 7.97. The zero-order valence-electron chi connectivity index (χ0n) is 17.1. The van der Waals surface area contributed by atoms with Crippen molar-refractivity contribution >= 4 is 17.6 Å². The van der Waals surface area contributed by atoms with Crippen LogP contribution in [-0.4, -0.2) is 47.5 Å². The van der Waals surface area contributed by atoms with Crippen molar-refractivity contribution in [3.8, 4) is 6.07 Å². The lowest BCUT2D eigenvalue weighted by molar-refractivity contribution is -0.123. The second-order valence-corrected chi connectivity index (χ2v) is 7.80. The first-order valence-electron chi connectivity index (χ1n) is 9.63. The summed E-state index contributed by atoms with van der Waals surface area (Å²) in [7, 11) is 1.73. The largest absolute Gasteiger partial charge is 0.353 e. The molecule has 2 N–H and O–H groups in total. The molecule has 0 saturated heterocycles. The fraction of sp³-hybridized carbons (Fsp3) is 0.650. The van der Waals surface area contributed by atoms with E-state index in [0.29, 0.717) is 17.4 Å². The van der Waals surface area contributed by atoms with Crippen molar-refractivity contribution in [2.24, 2.45) is 0 Å². The Morgan fingerprint density at radius 3 is 2.37 bits per heavy atom. The second kappa shape index (κ2) is 9.05. The van der Waals surface area contributed by atoms with Crippen LogP contribution in [0, 0.1) is 25.2 Å². The monoisotopic (exact) mass is 373 g/mol. The molecular weight excluding hydrogens is 342 g/mol. The maximum atomic E-state index is 12.6. The van der Waals surface area contributed by atoms with Crippen LogP contribution in [0.4, 0.5) is 5.82 Å². The van der Waals surface area contributed by atoms with Gasteiger partial charge in [0, 0.05) is 17.8 Å². The minimum Gasteiger partial charge on any atom is -0.353 e. The van der Waals surface area contributed by atoms with Gasteiger partial charge in [0.05, 0.1) is 18.7 Å². The van der Waals surface area contributed by atoms with Gasteiger partial charge in [-0.1, -0.05) is 12.8 Å². The number of nitrogens with one attached hydrogen (secondary N) is 2. The van der Waals surface area contributed by atoms with Crippen LogP contribution in [0.25, 0.3) is 0 Å². The van der Waals surface area contributed by atoms with Gasteiger partial charge in [0.1, 0.15) is 11.9 Å². The normalized spacial score (nSPS) is 14.6. The van der Waals surface area contributed by atoms with E-state index in [9.17, 15) is 14.9 Å². The lowest BCUT2D eigenvalue weighted by atomic mass is 10.2. The van der Waals surface area contributed by atoms with Gasteiger partial charge in [-0.05, 0) is 53.1 Å². The summed E-state index contributed by atoms with van der Waals surface area (Å²) in [5.41, 5.74) is 2.50. The van der Waals surface area contributed by atoms with E-state index in [-0.39, 0.29) is 30.9 Å². The minimum atomic E-state index is -0.219. The zero-order valence-corrected chi connectivity index (χ0v) is 17.1. The van der Waals surface area contributed by atoms with E-state index in [1.807, 2.05) is 27.7 Å². The van der Waals surface area contributed by atoms with E-state index < -0.39 is 0 Å². The molecule has 1 aliphatic rings. The summed E-state index contributed by atoms with van der Waals surface area (Å²) in [4.78, 5) is 26.1. The number of carbonyl (C=O) groups excluding carboxylic acids is 2. The average Bonchev–Trinajstić information content (AvgIpc) is 3.14. The smallest absolute Gasteiger partial charge is 0.239 e. The number of likely N-dealkylation sites (N-methyl/N-ethyl adjacent to an activating group) is 1. The molecule has 0 aromatic carbocycles. The maximum Gasteiger partial charge on any atom is 0.239 e. The maximum absolute atomic E-state index is 12.6. The molecule has 1 aromatic rings. The Balaban J connectivity index is 2.12. The topological polar surface area (TPSA) is 90.2 Å². The zero-order chi connectivity index (χ0) is 20.1. The van der Waals surface area contributed by atoms with E-state index in [0.717, 1.165) is 24.1 Å². The van der Waals surface area contributed by atoms with Crippen molar-refractivity contribution in [2.45, 2.75) is 65.5 Å². The number of nitriles is 1. The molecule has 0 bridgehead atoms. The van der Waals surface area contributed by atoms with Gasteiger partial charge in [-0.2, -0.15) is 5.26 Å². The fourth-order valence-electron chi connectivity index (χ4n) is 3.79. The van der Waals surface area contributed by atoms with Gasteiger partial charge in [0.25, 0.3) is 0 Å². The highest BCUT2D eigenvalue weighted by atomic mass is 16.2. The van der Waals surface area contributed by atoms with Crippen molar-refractivity contribution in [1.82, 2.24) is 14.8 Å². The summed E-state index contributed by atoms with van der Waals surface area (Å²) in [5.74, 6) is 0.270. The number of amides is 2. The third-order valence-corrected chi connectivity index (χ3v) is 5.09. The summed E-state index contributed by atoms with van der Waals surface area (Å²) >= 11 is 0. The van der Waals surface area contributed by atoms with E-state index in [1.165, 1.54) is 12.8 Å². The Bertz CT molecular complexity index is 739. The summed E-state index contributed by atoms with van der Waals surface area (Å²) in [6, 6.07) is 2.65. The standard InChI is InChI=1S/C20H31N5O2/c1-13(2)22-18(26)11-24(5)12-19(27)23-20-17(10-21)14(3)15(4)25(20)16-8-6-7-9-16/h13,16H,6-9,11-12H2,1-5H3,(H,22,26)(H,23,27). The van der Waals surface area contributed by atoms with Crippen molar-refractivity contribution in [2.75, 3.05) is 25.5 Å². The molecule has 0 atom stereocenters.